The zero-order valence-corrected chi connectivity index (χ0v) is 17.3. The van der Waals surface area contributed by atoms with E-state index in [1.54, 1.807) is 36.5 Å². The fourth-order valence-corrected chi connectivity index (χ4v) is 4.64. The molecule has 154 valence electrons. The zero-order chi connectivity index (χ0) is 20.9. The second-order valence-electron chi connectivity index (χ2n) is 7.00. The highest BCUT2D eigenvalue weighted by molar-refractivity contribution is 8.00. The Labute approximate surface area is 175 Å². The number of fused-ring (bicyclic) bond motifs is 1. The fourth-order valence-electron chi connectivity index (χ4n) is 3.67. The van der Waals surface area contributed by atoms with Crippen LogP contribution in [0, 0.1) is 11.2 Å². The predicted octanol–water partition coefficient (Wildman–Crippen LogP) is 3.08. The van der Waals surface area contributed by atoms with Gasteiger partial charge in [0.15, 0.2) is 0 Å². The lowest BCUT2D eigenvalue weighted by Gasteiger charge is -2.45. The van der Waals surface area contributed by atoms with E-state index in [0.29, 0.717) is 5.69 Å². The SMILES string of the molecule is C=CC12CC(=CN)C(=Nc3ccc(F)cc3)C=C1CCN(S/C(=C/NN)NC)C2. The molecule has 0 saturated carbocycles. The van der Waals surface area contributed by atoms with Crippen LogP contribution in [0.4, 0.5) is 10.1 Å². The van der Waals surface area contributed by atoms with E-state index in [4.69, 9.17) is 16.6 Å². The first-order chi connectivity index (χ1) is 14.0. The normalized spacial score (nSPS) is 25.5. The summed E-state index contributed by atoms with van der Waals surface area (Å²) in [5.74, 6) is 5.14. The molecule has 2 aliphatic rings. The second kappa shape index (κ2) is 9.30. The van der Waals surface area contributed by atoms with Gasteiger partial charge in [0.25, 0.3) is 0 Å². The van der Waals surface area contributed by atoms with Crippen LogP contribution < -0.4 is 22.3 Å². The molecule has 0 amide bonds. The minimum absolute atomic E-state index is 0.201. The number of hydrogen-bond acceptors (Lipinski definition) is 7. The Balaban J connectivity index is 1.89. The van der Waals surface area contributed by atoms with Crippen molar-refractivity contribution in [3.05, 3.63) is 77.4 Å². The fraction of sp³-hybridized carbons (Fsp3) is 0.286. The number of nitrogens with two attached hydrogens (primary N) is 2. The van der Waals surface area contributed by atoms with Crippen LogP contribution >= 0.6 is 11.9 Å². The number of rotatable bonds is 6. The van der Waals surface area contributed by atoms with Crippen molar-refractivity contribution in [2.45, 2.75) is 12.8 Å². The molecule has 1 heterocycles. The molecule has 0 radical (unpaired) electrons. The Kier molecular flexibility index (Phi) is 6.79. The van der Waals surface area contributed by atoms with Gasteiger partial charge in [-0.3, -0.25) is 5.84 Å². The summed E-state index contributed by atoms with van der Waals surface area (Å²) in [6.07, 6.45) is 9.11. The van der Waals surface area contributed by atoms with Gasteiger partial charge in [-0.15, -0.1) is 6.58 Å². The molecule has 1 atom stereocenters. The molecule has 0 bridgehead atoms. The first kappa shape index (κ1) is 21.2. The van der Waals surface area contributed by atoms with Crippen molar-refractivity contribution in [2.24, 2.45) is 22.0 Å². The number of nitrogens with one attached hydrogen (secondary N) is 2. The van der Waals surface area contributed by atoms with Crippen molar-refractivity contribution >= 4 is 23.3 Å². The van der Waals surface area contributed by atoms with E-state index >= 15 is 0 Å². The summed E-state index contributed by atoms with van der Waals surface area (Å²) in [5, 5.41) is 4.07. The molecule has 0 aromatic heterocycles. The van der Waals surface area contributed by atoms with Crippen LogP contribution in [-0.4, -0.2) is 30.2 Å². The van der Waals surface area contributed by atoms with Crippen molar-refractivity contribution in [1.82, 2.24) is 15.0 Å². The van der Waals surface area contributed by atoms with Gasteiger partial charge in [0.2, 0.25) is 0 Å². The quantitative estimate of drug-likeness (QED) is 0.247. The molecule has 6 nitrogen and oxygen atoms in total. The Bertz CT molecular complexity index is 874. The summed E-state index contributed by atoms with van der Waals surface area (Å²) in [7, 11) is 1.86. The molecule has 6 N–H and O–H groups in total. The molecule has 1 unspecified atom stereocenters. The highest BCUT2D eigenvalue weighted by Crippen LogP contribution is 2.47. The lowest BCUT2D eigenvalue weighted by molar-refractivity contribution is 0.279. The molecule has 1 fully saturated rings. The van der Waals surface area contributed by atoms with Crippen molar-refractivity contribution in [2.75, 3.05) is 20.1 Å². The van der Waals surface area contributed by atoms with Gasteiger partial charge in [0.05, 0.1) is 11.4 Å². The Morgan fingerprint density at radius 3 is 2.76 bits per heavy atom. The molecular weight excluding hydrogens is 387 g/mol. The van der Waals surface area contributed by atoms with Gasteiger partial charge >= 0.3 is 0 Å². The molecule has 3 rings (SSSR count). The van der Waals surface area contributed by atoms with Crippen molar-refractivity contribution in [3.8, 4) is 0 Å². The predicted molar refractivity (Wildman–Crippen MR) is 119 cm³/mol. The maximum atomic E-state index is 13.2. The van der Waals surface area contributed by atoms with Gasteiger partial charge in [-0.25, -0.2) is 13.7 Å². The van der Waals surface area contributed by atoms with E-state index in [0.717, 1.165) is 42.2 Å². The minimum Gasteiger partial charge on any atom is -0.404 e. The third kappa shape index (κ3) is 4.72. The van der Waals surface area contributed by atoms with E-state index < -0.39 is 0 Å². The molecule has 8 heteroatoms. The molecular formula is C21H27FN6S. The highest BCUT2D eigenvalue weighted by Gasteiger charge is 2.41. The van der Waals surface area contributed by atoms with Gasteiger partial charge < -0.3 is 16.5 Å². The number of benzene rings is 1. The second-order valence-corrected chi connectivity index (χ2v) is 8.14. The molecule has 0 spiro atoms. The Morgan fingerprint density at radius 2 is 2.14 bits per heavy atom. The molecule has 1 aliphatic heterocycles. The van der Waals surface area contributed by atoms with Crippen LogP contribution in [0.1, 0.15) is 12.8 Å². The third-order valence-electron chi connectivity index (χ3n) is 5.23. The summed E-state index contributed by atoms with van der Waals surface area (Å²) >= 11 is 1.62. The van der Waals surface area contributed by atoms with E-state index in [-0.39, 0.29) is 11.2 Å². The standard InChI is InChI=1S/C21H27FN6S/c1-3-21-11-15(12-23)19(27-18-6-4-17(22)5-7-18)10-16(21)8-9-28(14-21)29-20(25-2)13-26-24/h3-7,10,12-13,25-26H,1,8-9,11,14,23-24H2,2H3/b15-12?,20-13+,27-19?. The average molecular weight is 415 g/mol. The Hall–Kier alpha value is -2.55. The van der Waals surface area contributed by atoms with Gasteiger partial charge in [-0.1, -0.05) is 11.6 Å². The first-order valence-electron chi connectivity index (χ1n) is 9.40. The molecule has 29 heavy (non-hydrogen) atoms. The lowest BCUT2D eigenvalue weighted by atomic mass is 9.67. The van der Waals surface area contributed by atoms with Crippen molar-refractivity contribution in [3.63, 3.8) is 0 Å². The number of allylic oxidation sites excluding steroid dienone is 2. The third-order valence-corrected chi connectivity index (χ3v) is 6.32. The van der Waals surface area contributed by atoms with Gasteiger partial charge in [0.1, 0.15) is 10.8 Å². The number of halogens is 1. The smallest absolute Gasteiger partial charge is 0.123 e. The van der Waals surface area contributed by atoms with Crippen LogP contribution in [0.15, 0.2) is 76.6 Å². The number of hydrogen-bond donors (Lipinski definition) is 4. The van der Waals surface area contributed by atoms with E-state index in [9.17, 15) is 4.39 Å². The van der Waals surface area contributed by atoms with Crippen LogP contribution in [0.3, 0.4) is 0 Å². The maximum absolute atomic E-state index is 13.2. The summed E-state index contributed by atoms with van der Waals surface area (Å²) in [6, 6.07) is 6.16. The average Bonchev–Trinajstić information content (AvgIpc) is 2.74. The van der Waals surface area contributed by atoms with Gasteiger partial charge in [-0.2, -0.15) is 0 Å². The number of aliphatic imine (C=N–C) groups is 1. The highest BCUT2D eigenvalue weighted by atomic mass is 32.2. The van der Waals surface area contributed by atoms with Crippen molar-refractivity contribution in [1.29, 1.82) is 0 Å². The summed E-state index contributed by atoms with van der Waals surface area (Å²) < 4.78 is 15.5. The first-order valence-corrected chi connectivity index (χ1v) is 10.2. The monoisotopic (exact) mass is 414 g/mol. The van der Waals surface area contributed by atoms with E-state index in [1.807, 2.05) is 13.1 Å². The molecule has 1 aromatic rings. The summed E-state index contributed by atoms with van der Waals surface area (Å²) in [5.41, 5.74) is 12.1. The summed E-state index contributed by atoms with van der Waals surface area (Å²) in [6.45, 7) is 5.82. The van der Waals surface area contributed by atoms with Crippen molar-refractivity contribution < 1.29 is 4.39 Å². The molecule has 1 aromatic carbocycles. The van der Waals surface area contributed by atoms with E-state index in [1.165, 1.54) is 17.7 Å². The van der Waals surface area contributed by atoms with Crippen LogP contribution in [0.2, 0.25) is 0 Å². The van der Waals surface area contributed by atoms with Gasteiger partial charge in [0, 0.05) is 31.8 Å². The number of hydrazine groups is 1. The number of piperidine rings is 1. The van der Waals surface area contributed by atoms with Gasteiger partial charge in [-0.05, 0) is 66.9 Å². The summed E-state index contributed by atoms with van der Waals surface area (Å²) in [4.78, 5) is 4.70. The van der Waals surface area contributed by atoms with Crippen LogP contribution in [0.25, 0.3) is 0 Å². The minimum atomic E-state index is -0.277. The van der Waals surface area contributed by atoms with Crippen LogP contribution in [-0.2, 0) is 0 Å². The zero-order valence-electron chi connectivity index (χ0n) is 16.5. The Morgan fingerprint density at radius 1 is 1.38 bits per heavy atom. The topological polar surface area (TPSA) is 91.7 Å². The maximum Gasteiger partial charge on any atom is 0.123 e. The number of nitrogens with zero attached hydrogens (tertiary/aromatic N) is 2. The largest absolute Gasteiger partial charge is 0.404 e. The van der Waals surface area contributed by atoms with E-state index in [2.05, 4.69) is 27.7 Å². The molecule has 1 aliphatic carbocycles. The lowest BCUT2D eigenvalue weighted by Crippen LogP contribution is -2.43. The van der Waals surface area contributed by atoms with Crippen LogP contribution in [0.5, 0.6) is 0 Å². The molecule has 1 saturated heterocycles.